The molecular formula is C13H20N4O3. The molecule has 1 aromatic rings. The van der Waals surface area contributed by atoms with Crippen LogP contribution in [0.4, 0.5) is 17.1 Å². The first-order valence-corrected chi connectivity index (χ1v) is 6.78. The number of hydrogen-bond acceptors (Lipinski definition) is 6. The first-order chi connectivity index (χ1) is 9.72. The normalized spacial score (nSPS) is 14.1. The van der Waals surface area contributed by atoms with Gasteiger partial charge < -0.3 is 15.5 Å². The number of nitrogen functional groups attached to an aromatic ring is 1. The lowest BCUT2D eigenvalue weighted by atomic mass is 10.2. The van der Waals surface area contributed by atoms with Crippen LogP contribution in [0.5, 0.6) is 0 Å². The molecule has 0 spiro atoms. The van der Waals surface area contributed by atoms with Crippen LogP contribution < -0.4 is 16.6 Å². The molecule has 0 atom stereocenters. The van der Waals surface area contributed by atoms with Gasteiger partial charge in [-0.05, 0) is 37.3 Å². The second-order valence-corrected chi connectivity index (χ2v) is 4.90. The van der Waals surface area contributed by atoms with Gasteiger partial charge in [0.15, 0.2) is 0 Å². The third-order valence-corrected chi connectivity index (χ3v) is 3.21. The van der Waals surface area contributed by atoms with Gasteiger partial charge in [-0.25, -0.2) is 0 Å². The minimum atomic E-state index is -0.443. The van der Waals surface area contributed by atoms with E-state index in [0.717, 1.165) is 18.9 Å². The molecule has 0 saturated heterocycles. The van der Waals surface area contributed by atoms with E-state index in [4.69, 9.17) is 10.6 Å². The van der Waals surface area contributed by atoms with Gasteiger partial charge in [-0.1, -0.05) is 6.07 Å². The number of hydrazine groups is 1. The number of para-hydroxylation sites is 1. The average Bonchev–Trinajstić information content (AvgIpc) is 3.26. The lowest BCUT2D eigenvalue weighted by molar-refractivity contribution is -0.383. The van der Waals surface area contributed by atoms with Crippen molar-refractivity contribution in [2.45, 2.75) is 19.3 Å². The Morgan fingerprint density at radius 1 is 1.40 bits per heavy atom. The molecule has 7 nitrogen and oxygen atoms in total. The first-order valence-electron chi connectivity index (χ1n) is 6.78. The number of ether oxygens (including phenoxy) is 1. The van der Waals surface area contributed by atoms with Crippen molar-refractivity contribution < 1.29 is 9.66 Å². The summed E-state index contributed by atoms with van der Waals surface area (Å²) in [5.74, 6) is 6.04. The highest BCUT2D eigenvalue weighted by Crippen LogP contribution is 2.32. The van der Waals surface area contributed by atoms with Crippen LogP contribution in [0.1, 0.15) is 19.3 Å². The Balaban J connectivity index is 1.80. The summed E-state index contributed by atoms with van der Waals surface area (Å²) in [5.41, 5.74) is 3.07. The summed E-state index contributed by atoms with van der Waals surface area (Å²) >= 11 is 0. The molecular weight excluding hydrogens is 260 g/mol. The lowest BCUT2D eigenvalue weighted by Crippen LogP contribution is -2.12. The zero-order chi connectivity index (χ0) is 14.4. The van der Waals surface area contributed by atoms with Crippen molar-refractivity contribution in [3.63, 3.8) is 0 Å². The Kier molecular flexibility index (Phi) is 5.14. The molecule has 2 rings (SSSR count). The van der Waals surface area contributed by atoms with E-state index in [2.05, 4.69) is 10.7 Å². The topological polar surface area (TPSA) is 102 Å². The minimum Gasteiger partial charge on any atom is -0.381 e. The fourth-order valence-corrected chi connectivity index (χ4v) is 1.93. The van der Waals surface area contributed by atoms with Crippen molar-refractivity contribution in [2.24, 2.45) is 11.8 Å². The van der Waals surface area contributed by atoms with E-state index in [-0.39, 0.29) is 5.69 Å². The molecule has 0 heterocycles. The van der Waals surface area contributed by atoms with Crippen molar-refractivity contribution in [2.75, 3.05) is 30.5 Å². The van der Waals surface area contributed by atoms with E-state index < -0.39 is 4.92 Å². The lowest BCUT2D eigenvalue weighted by Gasteiger charge is -2.10. The molecule has 1 fully saturated rings. The van der Waals surface area contributed by atoms with E-state index in [9.17, 15) is 10.1 Å². The van der Waals surface area contributed by atoms with Crippen molar-refractivity contribution in [1.29, 1.82) is 0 Å². The number of nitro groups is 1. The molecule has 0 aromatic heterocycles. The molecule has 0 amide bonds. The molecule has 1 aromatic carbocycles. The van der Waals surface area contributed by atoms with Crippen LogP contribution in [-0.4, -0.2) is 24.7 Å². The van der Waals surface area contributed by atoms with E-state index >= 15 is 0 Å². The summed E-state index contributed by atoms with van der Waals surface area (Å²) in [5, 5.41) is 14.1. The molecule has 0 aliphatic heterocycles. The number of rotatable bonds is 9. The number of hydrogen-bond donors (Lipinski definition) is 3. The van der Waals surface area contributed by atoms with Crippen molar-refractivity contribution in [3.05, 3.63) is 28.3 Å². The molecule has 0 radical (unpaired) electrons. The summed E-state index contributed by atoms with van der Waals surface area (Å²) in [6.07, 6.45) is 3.37. The van der Waals surface area contributed by atoms with E-state index in [1.54, 1.807) is 18.2 Å². The van der Waals surface area contributed by atoms with Crippen LogP contribution in [0.2, 0.25) is 0 Å². The smallest absolute Gasteiger partial charge is 0.316 e. The second kappa shape index (κ2) is 7.06. The van der Waals surface area contributed by atoms with E-state index in [1.807, 2.05) is 0 Å². The molecule has 1 saturated carbocycles. The van der Waals surface area contributed by atoms with Gasteiger partial charge in [-0.2, -0.15) is 0 Å². The fraction of sp³-hybridized carbons (Fsp3) is 0.538. The molecule has 1 aliphatic carbocycles. The van der Waals surface area contributed by atoms with Gasteiger partial charge in [0.25, 0.3) is 0 Å². The zero-order valence-electron chi connectivity index (χ0n) is 11.3. The maximum absolute atomic E-state index is 11.1. The summed E-state index contributed by atoms with van der Waals surface area (Å²) in [6, 6.07) is 4.96. The predicted octanol–water partition coefficient (Wildman–Crippen LogP) is 2.11. The zero-order valence-corrected chi connectivity index (χ0v) is 11.3. The summed E-state index contributed by atoms with van der Waals surface area (Å²) in [7, 11) is 0. The highest BCUT2D eigenvalue weighted by Gasteiger charge is 2.21. The molecule has 1 aliphatic rings. The predicted molar refractivity (Wildman–Crippen MR) is 77.6 cm³/mol. The van der Waals surface area contributed by atoms with Crippen molar-refractivity contribution >= 4 is 17.1 Å². The molecule has 110 valence electrons. The number of nitrogens with two attached hydrogens (primary N) is 1. The Labute approximate surface area is 117 Å². The number of nitrogens with zero attached hydrogens (tertiary/aromatic N) is 1. The molecule has 0 unspecified atom stereocenters. The van der Waals surface area contributed by atoms with Gasteiger partial charge in [0, 0.05) is 19.8 Å². The third kappa shape index (κ3) is 4.07. The van der Waals surface area contributed by atoms with Gasteiger partial charge in [-0.3, -0.25) is 16.0 Å². The van der Waals surface area contributed by atoms with Gasteiger partial charge in [0.05, 0.1) is 4.92 Å². The standard InChI is InChI=1S/C13H20N4O3/c14-16-12-4-1-3-11(13(12)17(18)19)15-7-2-8-20-9-10-5-6-10/h1,3-4,10,15-16H,2,5-9,14H2. The van der Waals surface area contributed by atoms with Gasteiger partial charge in [-0.15, -0.1) is 0 Å². The van der Waals surface area contributed by atoms with Crippen LogP contribution in [0.25, 0.3) is 0 Å². The number of anilines is 2. The van der Waals surface area contributed by atoms with Gasteiger partial charge in [0.2, 0.25) is 0 Å². The molecule has 0 bridgehead atoms. The van der Waals surface area contributed by atoms with Crippen molar-refractivity contribution in [1.82, 2.24) is 0 Å². The van der Waals surface area contributed by atoms with E-state index in [0.29, 0.717) is 24.5 Å². The maximum atomic E-state index is 11.1. The summed E-state index contributed by atoms with van der Waals surface area (Å²) < 4.78 is 5.51. The SMILES string of the molecule is NNc1cccc(NCCCOCC2CC2)c1[N+](=O)[O-]. The Morgan fingerprint density at radius 2 is 2.15 bits per heavy atom. The quantitative estimate of drug-likeness (QED) is 0.277. The highest BCUT2D eigenvalue weighted by atomic mass is 16.6. The number of benzene rings is 1. The monoisotopic (exact) mass is 280 g/mol. The van der Waals surface area contributed by atoms with Crippen LogP contribution in [0, 0.1) is 16.0 Å². The number of nitrogens with one attached hydrogen (secondary N) is 2. The highest BCUT2D eigenvalue weighted by molar-refractivity contribution is 5.75. The second-order valence-electron chi connectivity index (χ2n) is 4.90. The van der Waals surface area contributed by atoms with Crippen LogP contribution in [-0.2, 0) is 4.74 Å². The van der Waals surface area contributed by atoms with Crippen molar-refractivity contribution in [3.8, 4) is 0 Å². The molecule has 7 heteroatoms. The van der Waals surface area contributed by atoms with Crippen LogP contribution in [0.15, 0.2) is 18.2 Å². The number of nitro benzene ring substituents is 1. The Hall–Kier alpha value is -1.86. The summed E-state index contributed by atoms with van der Waals surface area (Å²) in [4.78, 5) is 10.6. The molecule has 4 N–H and O–H groups in total. The fourth-order valence-electron chi connectivity index (χ4n) is 1.93. The Morgan fingerprint density at radius 3 is 2.80 bits per heavy atom. The summed E-state index contributed by atoms with van der Waals surface area (Å²) in [6.45, 7) is 2.14. The van der Waals surface area contributed by atoms with Crippen LogP contribution in [0.3, 0.4) is 0 Å². The van der Waals surface area contributed by atoms with E-state index in [1.165, 1.54) is 12.8 Å². The molecule has 20 heavy (non-hydrogen) atoms. The van der Waals surface area contributed by atoms with Gasteiger partial charge in [0.1, 0.15) is 11.4 Å². The van der Waals surface area contributed by atoms with Crippen LogP contribution >= 0.6 is 0 Å². The average molecular weight is 280 g/mol. The third-order valence-electron chi connectivity index (χ3n) is 3.21. The largest absolute Gasteiger partial charge is 0.381 e. The maximum Gasteiger partial charge on any atom is 0.316 e. The Bertz CT molecular complexity index is 463. The first kappa shape index (κ1) is 14.5. The minimum absolute atomic E-state index is 0.0334. The van der Waals surface area contributed by atoms with Gasteiger partial charge >= 0.3 is 5.69 Å².